The highest BCUT2D eigenvalue weighted by Crippen LogP contribution is 2.35. The fraction of sp³-hybridized carbons (Fsp3) is 0.238. The number of aromatic amines is 1. The van der Waals surface area contributed by atoms with E-state index in [1.807, 2.05) is 38.1 Å². The van der Waals surface area contributed by atoms with E-state index in [9.17, 15) is 0 Å². The molecule has 0 aliphatic heterocycles. The number of benzene rings is 2. The summed E-state index contributed by atoms with van der Waals surface area (Å²) in [6.07, 6.45) is 0. The third-order valence-electron chi connectivity index (χ3n) is 4.80. The van der Waals surface area contributed by atoms with Gasteiger partial charge in [0.05, 0.1) is 30.8 Å². The van der Waals surface area contributed by atoms with E-state index < -0.39 is 0 Å². The van der Waals surface area contributed by atoms with Crippen LogP contribution >= 0.6 is 0 Å². The first-order valence-corrected chi connectivity index (χ1v) is 8.80. The number of hydrogen-bond donors (Lipinski definition) is 2. The Morgan fingerprint density at radius 2 is 1.74 bits per heavy atom. The lowest BCUT2D eigenvalue weighted by Gasteiger charge is -2.14. The summed E-state index contributed by atoms with van der Waals surface area (Å²) in [5, 5.41) is 13.0. The number of aromatic nitrogens is 3. The fourth-order valence-electron chi connectivity index (χ4n) is 3.36. The molecule has 6 heteroatoms. The van der Waals surface area contributed by atoms with E-state index in [0.717, 1.165) is 50.3 Å². The van der Waals surface area contributed by atoms with Crippen LogP contribution in [0.1, 0.15) is 16.8 Å². The molecule has 0 aliphatic rings. The summed E-state index contributed by atoms with van der Waals surface area (Å²) >= 11 is 0. The molecule has 4 aromatic rings. The minimum absolute atomic E-state index is 0.680. The second kappa shape index (κ2) is 6.79. The maximum absolute atomic E-state index is 5.48. The van der Waals surface area contributed by atoms with E-state index in [-0.39, 0.29) is 0 Å². The van der Waals surface area contributed by atoms with Crippen molar-refractivity contribution in [1.29, 1.82) is 0 Å². The first-order valence-electron chi connectivity index (χ1n) is 8.80. The monoisotopic (exact) mass is 362 g/mol. The summed E-state index contributed by atoms with van der Waals surface area (Å²) < 4.78 is 10.7. The number of nitrogens with one attached hydrogen (secondary N) is 2. The van der Waals surface area contributed by atoms with Crippen LogP contribution in [0, 0.1) is 13.8 Å². The maximum Gasteiger partial charge on any atom is 0.183 e. The zero-order valence-electron chi connectivity index (χ0n) is 15.9. The average Bonchev–Trinajstić information content (AvgIpc) is 3.06. The highest BCUT2D eigenvalue weighted by atomic mass is 16.5. The normalized spacial score (nSPS) is 11.1. The van der Waals surface area contributed by atoms with Gasteiger partial charge in [-0.25, -0.2) is 4.98 Å². The second-order valence-corrected chi connectivity index (χ2v) is 6.58. The molecule has 0 saturated heterocycles. The number of anilines is 1. The number of aryl methyl sites for hydroxylation is 2. The Morgan fingerprint density at radius 1 is 1.00 bits per heavy atom. The predicted molar refractivity (Wildman–Crippen MR) is 108 cm³/mol. The Balaban J connectivity index is 1.84. The summed E-state index contributed by atoms with van der Waals surface area (Å²) in [5.41, 5.74) is 5.85. The van der Waals surface area contributed by atoms with Crippen molar-refractivity contribution in [2.75, 3.05) is 19.5 Å². The van der Waals surface area contributed by atoms with Gasteiger partial charge in [0.25, 0.3) is 0 Å². The van der Waals surface area contributed by atoms with Gasteiger partial charge in [-0.15, -0.1) is 0 Å². The third kappa shape index (κ3) is 3.03. The fourth-order valence-corrected chi connectivity index (χ4v) is 3.36. The second-order valence-electron chi connectivity index (χ2n) is 6.58. The molecule has 2 aromatic carbocycles. The summed E-state index contributed by atoms with van der Waals surface area (Å²) in [4.78, 5) is 4.76. The molecule has 0 saturated carbocycles. The van der Waals surface area contributed by atoms with Crippen LogP contribution in [0.4, 0.5) is 5.69 Å². The molecule has 2 heterocycles. The van der Waals surface area contributed by atoms with E-state index in [1.54, 1.807) is 14.2 Å². The van der Waals surface area contributed by atoms with Crippen LogP contribution in [0.15, 0.2) is 36.4 Å². The van der Waals surface area contributed by atoms with E-state index in [2.05, 4.69) is 27.6 Å². The lowest BCUT2D eigenvalue weighted by Crippen LogP contribution is -2.02. The number of rotatable bonds is 5. The molecule has 0 atom stereocenters. The molecule has 0 bridgehead atoms. The van der Waals surface area contributed by atoms with Crippen LogP contribution in [0.3, 0.4) is 0 Å². The van der Waals surface area contributed by atoms with E-state index in [1.165, 1.54) is 0 Å². The van der Waals surface area contributed by atoms with Gasteiger partial charge in [-0.3, -0.25) is 5.10 Å². The topological polar surface area (TPSA) is 72.1 Å². The van der Waals surface area contributed by atoms with Crippen LogP contribution in [-0.4, -0.2) is 29.4 Å². The molecule has 4 rings (SSSR count). The molecule has 2 aromatic heterocycles. The van der Waals surface area contributed by atoms with Crippen molar-refractivity contribution >= 4 is 27.6 Å². The SMILES string of the molecule is COc1ccc(CNc2c3cc(OC)cc(C)c3nc3n[nH]c(C)c23)cc1. The van der Waals surface area contributed by atoms with Gasteiger partial charge in [0.15, 0.2) is 5.65 Å². The van der Waals surface area contributed by atoms with Crippen molar-refractivity contribution in [3.8, 4) is 11.5 Å². The van der Waals surface area contributed by atoms with Gasteiger partial charge in [-0.05, 0) is 49.2 Å². The Labute approximate surface area is 157 Å². The lowest BCUT2D eigenvalue weighted by atomic mass is 10.1. The number of methoxy groups -OCH3 is 2. The van der Waals surface area contributed by atoms with Gasteiger partial charge in [0, 0.05) is 17.6 Å². The molecule has 0 unspecified atom stereocenters. The maximum atomic E-state index is 5.48. The number of ether oxygens (including phenoxy) is 2. The zero-order chi connectivity index (χ0) is 19.0. The highest BCUT2D eigenvalue weighted by Gasteiger charge is 2.16. The molecule has 0 amide bonds. The lowest BCUT2D eigenvalue weighted by molar-refractivity contribution is 0.414. The minimum Gasteiger partial charge on any atom is -0.497 e. The van der Waals surface area contributed by atoms with Crippen LogP contribution in [0.5, 0.6) is 11.5 Å². The van der Waals surface area contributed by atoms with Gasteiger partial charge < -0.3 is 14.8 Å². The molecular formula is C21H22N4O2. The standard InChI is InChI=1S/C21H22N4O2/c1-12-9-16(27-4)10-17-19(12)23-21-18(13(2)24-25-21)20(17)22-11-14-5-7-15(26-3)8-6-14/h5-10H,11H2,1-4H3,(H2,22,23,24,25). The Kier molecular flexibility index (Phi) is 4.32. The molecule has 0 aliphatic carbocycles. The molecule has 0 fully saturated rings. The molecule has 0 spiro atoms. The summed E-state index contributed by atoms with van der Waals surface area (Å²) in [6, 6.07) is 12.1. The predicted octanol–water partition coefficient (Wildman–Crippen LogP) is 4.36. The molecule has 27 heavy (non-hydrogen) atoms. The van der Waals surface area contributed by atoms with Crippen LogP contribution < -0.4 is 14.8 Å². The first kappa shape index (κ1) is 17.1. The summed E-state index contributed by atoms with van der Waals surface area (Å²) in [7, 11) is 3.35. The van der Waals surface area contributed by atoms with Crippen molar-refractivity contribution in [2.24, 2.45) is 0 Å². The summed E-state index contributed by atoms with van der Waals surface area (Å²) in [6.45, 7) is 4.73. The quantitative estimate of drug-likeness (QED) is 0.552. The number of hydrogen-bond acceptors (Lipinski definition) is 5. The largest absolute Gasteiger partial charge is 0.497 e. The molecule has 0 radical (unpaired) electrons. The van der Waals surface area contributed by atoms with Gasteiger partial charge in [0.1, 0.15) is 11.5 Å². The van der Waals surface area contributed by atoms with Crippen molar-refractivity contribution in [2.45, 2.75) is 20.4 Å². The Hall–Kier alpha value is -3.28. The van der Waals surface area contributed by atoms with Gasteiger partial charge in [-0.2, -0.15) is 5.10 Å². The van der Waals surface area contributed by atoms with Crippen LogP contribution in [0.2, 0.25) is 0 Å². The van der Waals surface area contributed by atoms with E-state index in [0.29, 0.717) is 12.2 Å². The molecule has 2 N–H and O–H groups in total. The van der Waals surface area contributed by atoms with Crippen LogP contribution in [-0.2, 0) is 6.54 Å². The first-order chi connectivity index (χ1) is 13.1. The average molecular weight is 362 g/mol. The smallest absolute Gasteiger partial charge is 0.183 e. The van der Waals surface area contributed by atoms with E-state index >= 15 is 0 Å². The number of pyridine rings is 1. The summed E-state index contributed by atoms with van der Waals surface area (Å²) in [5.74, 6) is 1.66. The Morgan fingerprint density at radius 3 is 2.44 bits per heavy atom. The zero-order valence-corrected chi connectivity index (χ0v) is 15.9. The van der Waals surface area contributed by atoms with Crippen molar-refractivity contribution in [3.63, 3.8) is 0 Å². The number of H-pyrrole nitrogens is 1. The van der Waals surface area contributed by atoms with Crippen molar-refractivity contribution < 1.29 is 9.47 Å². The molecule has 138 valence electrons. The Bertz CT molecular complexity index is 1120. The van der Waals surface area contributed by atoms with Gasteiger partial charge >= 0.3 is 0 Å². The number of nitrogens with zero attached hydrogens (tertiary/aromatic N) is 2. The van der Waals surface area contributed by atoms with Crippen molar-refractivity contribution in [1.82, 2.24) is 15.2 Å². The minimum atomic E-state index is 0.680. The van der Waals surface area contributed by atoms with Crippen molar-refractivity contribution in [3.05, 3.63) is 53.2 Å². The molecular weight excluding hydrogens is 340 g/mol. The van der Waals surface area contributed by atoms with Crippen LogP contribution in [0.25, 0.3) is 21.9 Å². The van der Waals surface area contributed by atoms with E-state index in [4.69, 9.17) is 14.5 Å². The third-order valence-corrected chi connectivity index (χ3v) is 4.80. The van der Waals surface area contributed by atoms with Gasteiger partial charge in [0.2, 0.25) is 0 Å². The number of fused-ring (bicyclic) bond motifs is 2. The van der Waals surface area contributed by atoms with Gasteiger partial charge in [-0.1, -0.05) is 12.1 Å². The highest BCUT2D eigenvalue weighted by molar-refractivity contribution is 6.08. The molecule has 6 nitrogen and oxygen atoms in total.